The Balaban J connectivity index is 1.75. The van der Waals surface area contributed by atoms with E-state index in [9.17, 15) is 4.79 Å². The number of thioether (sulfide) groups is 1. The molecule has 4 rings (SSSR count). The van der Waals surface area contributed by atoms with Crippen LogP contribution in [0.1, 0.15) is 39.5 Å². The third-order valence-corrected chi connectivity index (χ3v) is 4.83. The minimum atomic E-state index is 0.132. The van der Waals surface area contributed by atoms with Crippen LogP contribution in [0.4, 0.5) is 0 Å². The predicted molar refractivity (Wildman–Crippen MR) is 89.1 cm³/mol. The Hall–Kier alpha value is -2.21. The average molecular weight is 324 g/mol. The highest BCUT2D eigenvalue weighted by Crippen LogP contribution is 2.32. The van der Waals surface area contributed by atoms with E-state index in [4.69, 9.17) is 0 Å². The number of hydrogen-bond donors (Lipinski definition) is 0. The first-order chi connectivity index (χ1) is 11.1. The summed E-state index contributed by atoms with van der Waals surface area (Å²) in [6.07, 6.45) is 4.99. The van der Waals surface area contributed by atoms with E-state index in [1.54, 1.807) is 10.7 Å². The zero-order valence-electron chi connectivity index (χ0n) is 13.0. The number of nitrogens with zero attached hydrogens (tertiary/aromatic N) is 4. The molecule has 1 unspecified atom stereocenters. The molecule has 0 aliphatic heterocycles. The zero-order chi connectivity index (χ0) is 16.0. The quantitative estimate of drug-likeness (QED) is 0.678. The fraction of sp³-hybridized carbons (Fsp3) is 0.294. The van der Waals surface area contributed by atoms with E-state index in [2.05, 4.69) is 46.3 Å². The molecule has 0 saturated heterocycles. The Bertz CT molecular complexity index is 901. The molecule has 0 bridgehead atoms. The molecule has 5 nitrogen and oxygen atoms in total. The van der Waals surface area contributed by atoms with Gasteiger partial charge in [-0.05, 0) is 31.1 Å². The minimum Gasteiger partial charge on any atom is -0.294 e. The zero-order valence-corrected chi connectivity index (χ0v) is 13.8. The normalized spacial score (nSPS) is 17.5. The van der Waals surface area contributed by atoms with Crippen LogP contribution in [0, 0.1) is 6.92 Å². The van der Waals surface area contributed by atoms with Crippen LogP contribution in [-0.4, -0.2) is 31.6 Å². The second kappa shape index (κ2) is 5.45. The van der Waals surface area contributed by atoms with Gasteiger partial charge in [0.05, 0.1) is 11.3 Å². The lowest BCUT2D eigenvalue weighted by atomic mass is 9.82. The Morgan fingerprint density at radius 3 is 2.70 bits per heavy atom. The lowest BCUT2D eigenvalue weighted by molar-refractivity contribution is 0.0962. The third-order valence-electron chi connectivity index (χ3n) is 4.29. The van der Waals surface area contributed by atoms with Gasteiger partial charge in [-0.2, -0.15) is 4.98 Å². The number of carbonyl (C=O) groups is 1. The first-order valence-corrected chi connectivity index (χ1v) is 8.76. The Kier molecular flexibility index (Phi) is 3.41. The lowest BCUT2D eigenvalue weighted by Gasteiger charge is -2.23. The van der Waals surface area contributed by atoms with Gasteiger partial charge in [0.1, 0.15) is 0 Å². The molecule has 0 spiro atoms. The number of fused-ring (bicyclic) bond motifs is 2. The van der Waals surface area contributed by atoms with Gasteiger partial charge in [0.2, 0.25) is 5.16 Å². The van der Waals surface area contributed by atoms with E-state index >= 15 is 0 Å². The summed E-state index contributed by atoms with van der Waals surface area (Å²) in [5, 5.41) is 4.98. The molecule has 1 aromatic carbocycles. The van der Waals surface area contributed by atoms with Crippen LogP contribution in [0.15, 0.2) is 35.6 Å². The summed E-state index contributed by atoms with van der Waals surface area (Å²) in [6, 6.07) is 8.41. The van der Waals surface area contributed by atoms with Crippen LogP contribution in [0.5, 0.6) is 0 Å². The number of aromatic nitrogens is 4. The molecule has 0 fully saturated rings. The molecule has 0 amide bonds. The highest BCUT2D eigenvalue weighted by atomic mass is 32.2. The summed E-state index contributed by atoms with van der Waals surface area (Å²) >= 11 is 1.47. The lowest BCUT2D eigenvalue weighted by Crippen LogP contribution is -2.21. The van der Waals surface area contributed by atoms with Crippen molar-refractivity contribution in [2.24, 2.45) is 0 Å². The molecule has 0 saturated carbocycles. The molecule has 3 aromatic rings. The van der Waals surface area contributed by atoms with Crippen molar-refractivity contribution in [1.29, 1.82) is 0 Å². The van der Waals surface area contributed by atoms with Gasteiger partial charge in [-0.15, -0.1) is 5.10 Å². The Labute approximate surface area is 138 Å². The second-order valence-electron chi connectivity index (χ2n) is 5.88. The van der Waals surface area contributed by atoms with Crippen LogP contribution in [0.25, 0.3) is 5.78 Å². The van der Waals surface area contributed by atoms with Gasteiger partial charge >= 0.3 is 0 Å². The fourth-order valence-electron chi connectivity index (χ4n) is 3.03. The summed E-state index contributed by atoms with van der Waals surface area (Å²) in [6.45, 7) is 2.07. The van der Waals surface area contributed by atoms with Crippen molar-refractivity contribution < 1.29 is 4.79 Å². The van der Waals surface area contributed by atoms with Crippen molar-refractivity contribution in [1.82, 2.24) is 19.6 Å². The highest BCUT2D eigenvalue weighted by Gasteiger charge is 2.28. The van der Waals surface area contributed by atoms with E-state index in [0.717, 1.165) is 12.1 Å². The maximum absolute atomic E-state index is 12.5. The highest BCUT2D eigenvalue weighted by molar-refractivity contribution is 7.98. The van der Waals surface area contributed by atoms with Crippen LogP contribution in [-0.2, 0) is 6.42 Å². The summed E-state index contributed by atoms with van der Waals surface area (Å²) in [4.78, 5) is 21.5. The number of Topliss-reactive ketones (excluding diaryl/α,β-unsaturated/α-hetero) is 1. The van der Waals surface area contributed by atoms with Crippen molar-refractivity contribution in [3.63, 3.8) is 0 Å². The van der Waals surface area contributed by atoms with E-state index in [1.807, 2.05) is 6.26 Å². The van der Waals surface area contributed by atoms with Crippen LogP contribution in [0.3, 0.4) is 0 Å². The predicted octanol–water partition coefficient (Wildman–Crippen LogP) is 3.07. The number of ketones is 1. The van der Waals surface area contributed by atoms with Crippen molar-refractivity contribution >= 4 is 23.3 Å². The maximum atomic E-state index is 12.5. The number of aryl methyl sites for hydroxylation is 1. The van der Waals surface area contributed by atoms with Crippen LogP contribution < -0.4 is 0 Å². The largest absolute Gasteiger partial charge is 0.294 e. The van der Waals surface area contributed by atoms with Crippen molar-refractivity contribution in [3.8, 4) is 0 Å². The molecule has 0 N–H and O–H groups in total. The third kappa shape index (κ3) is 2.53. The fourth-order valence-corrected chi connectivity index (χ4v) is 3.37. The molecule has 1 atom stereocenters. The molecule has 0 radical (unpaired) electrons. The summed E-state index contributed by atoms with van der Waals surface area (Å²) in [5.74, 6) is 0.881. The van der Waals surface area contributed by atoms with E-state index in [1.165, 1.54) is 22.9 Å². The molecule has 2 heterocycles. The summed E-state index contributed by atoms with van der Waals surface area (Å²) in [5.41, 5.74) is 3.93. The van der Waals surface area contributed by atoms with Gasteiger partial charge in [-0.25, -0.2) is 9.50 Å². The second-order valence-corrected chi connectivity index (χ2v) is 6.66. The average Bonchev–Trinajstić information content (AvgIpc) is 2.96. The first kappa shape index (κ1) is 14.4. The molecule has 116 valence electrons. The number of carbonyl (C=O) groups excluding carboxylic acids is 1. The topological polar surface area (TPSA) is 60.1 Å². The monoisotopic (exact) mass is 324 g/mol. The standard InChI is InChI=1S/C17H16N4OS/c1-10-3-5-11(6-4-10)12-7-14-13(15(22)8-12)9-21-16(18-14)19-17(20-21)23-2/h3-6,9,12H,7-8H2,1-2H3. The SMILES string of the molecule is CSc1nc2nc3c(cn2n1)C(=O)CC(c1ccc(C)cc1)C3. The Morgan fingerprint density at radius 2 is 1.96 bits per heavy atom. The van der Waals surface area contributed by atoms with Crippen LogP contribution in [0.2, 0.25) is 0 Å². The molecule has 6 heteroatoms. The number of rotatable bonds is 2. The van der Waals surface area contributed by atoms with Gasteiger partial charge in [0, 0.05) is 12.6 Å². The minimum absolute atomic E-state index is 0.132. The van der Waals surface area contributed by atoms with Crippen molar-refractivity contribution in [2.45, 2.75) is 30.8 Å². The maximum Gasteiger partial charge on any atom is 0.253 e. The van der Waals surface area contributed by atoms with E-state index in [-0.39, 0.29) is 11.7 Å². The van der Waals surface area contributed by atoms with Crippen molar-refractivity contribution in [2.75, 3.05) is 6.26 Å². The molecule has 2 aromatic heterocycles. The summed E-state index contributed by atoms with van der Waals surface area (Å²) in [7, 11) is 0. The molecule has 23 heavy (non-hydrogen) atoms. The van der Waals surface area contributed by atoms with Gasteiger partial charge in [0.25, 0.3) is 5.78 Å². The molecule has 1 aliphatic carbocycles. The van der Waals surface area contributed by atoms with Gasteiger partial charge < -0.3 is 0 Å². The Morgan fingerprint density at radius 1 is 1.17 bits per heavy atom. The smallest absolute Gasteiger partial charge is 0.253 e. The molecular formula is C17H16N4OS. The molecular weight excluding hydrogens is 308 g/mol. The summed E-state index contributed by atoms with van der Waals surface area (Å²) < 4.78 is 1.61. The van der Waals surface area contributed by atoms with Crippen LogP contribution >= 0.6 is 11.8 Å². The van der Waals surface area contributed by atoms with E-state index in [0.29, 0.717) is 22.9 Å². The van der Waals surface area contributed by atoms with Gasteiger partial charge in [-0.1, -0.05) is 41.6 Å². The van der Waals surface area contributed by atoms with E-state index < -0.39 is 0 Å². The van der Waals surface area contributed by atoms with Gasteiger partial charge in [-0.3, -0.25) is 4.79 Å². The van der Waals surface area contributed by atoms with Crippen molar-refractivity contribution in [3.05, 3.63) is 52.8 Å². The first-order valence-electron chi connectivity index (χ1n) is 7.54. The van der Waals surface area contributed by atoms with Gasteiger partial charge in [0.15, 0.2) is 5.78 Å². The number of hydrogen-bond acceptors (Lipinski definition) is 5. The number of benzene rings is 1. The molecule has 1 aliphatic rings.